The highest BCUT2D eigenvalue weighted by Gasteiger charge is 2.26. The van der Waals surface area contributed by atoms with Gasteiger partial charge in [0.15, 0.2) is 0 Å². The van der Waals surface area contributed by atoms with Crippen molar-refractivity contribution >= 4 is 23.1 Å². The average Bonchev–Trinajstić information content (AvgIpc) is 3.04. The van der Waals surface area contributed by atoms with Crippen molar-refractivity contribution in [2.75, 3.05) is 12.8 Å². The average molecular weight is 347 g/mol. The SMILES string of the molecule is COc1cc(N)ccc1-c1cnc(C2CCC(OC(N)=O)CC2)s1. The molecule has 0 unspecified atom stereocenters. The number of carbonyl (C=O) groups is 1. The Morgan fingerprint density at radius 2 is 2.04 bits per heavy atom. The molecular weight excluding hydrogens is 326 g/mol. The smallest absolute Gasteiger partial charge is 0.404 e. The van der Waals surface area contributed by atoms with Crippen LogP contribution in [0.25, 0.3) is 10.4 Å². The van der Waals surface area contributed by atoms with Crippen LogP contribution in [0.1, 0.15) is 36.6 Å². The number of thiazole rings is 1. The fourth-order valence-corrected chi connectivity index (χ4v) is 4.22. The molecule has 3 rings (SSSR count). The Morgan fingerprint density at radius 1 is 1.29 bits per heavy atom. The van der Waals surface area contributed by atoms with Gasteiger partial charge < -0.3 is 20.9 Å². The minimum absolute atomic E-state index is 0.0598. The number of rotatable bonds is 4. The number of primary amides is 1. The second-order valence-electron chi connectivity index (χ2n) is 5.93. The lowest BCUT2D eigenvalue weighted by Crippen LogP contribution is -2.26. The number of hydrogen-bond donors (Lipinski definition) is 2. The third-order valence-electron chi connectivity index (χ3n) is 4.32. The lowest BCUT2D eigenvalue weighted by molar-refractivity contribution is 0.0787. The highest BCUT2D eigenvalue weighted by Crippen LogP contribution is 2.40. The summed E-state index contributed by atoms with van der Waals surface area (Å²) in [5.74, 6) is 1.15. The largest absolute Gasteiger partial charge is 0.496 e. The molecule has 128 valence electrons. The number of ether oxygens (including phenoxy) is 2. The van der Waals surface area contributed by atoms with Crippen molar-refractivity contribution in [3.63, 3.8) is 0 Å². The van der Waals surface area contributed by atoms with Gasteiger partial charge in [0.1, 0.15) is 11.9 Å². The Labute approximate surface area is 144 Å². The van der Waals surface area contributed by atoms with E-state index >= 15 is 0 Å². The molecule has 1 heterocycles. The standard InChI is InChI=1S/C17H21N3O3S/c1-22-14-8-11(18)4-7-13(14)15-9-20-16(24-15)10-2-5-12(6-3-10)23-17(19)21/h4,7-10,12H,2-3,5-6,18H2,1H3,(H2,19,21). The van der Waals surface area contributed by atoms with Gasteiger partial charge in [-0.05, 0) is 37.8 Å². The molecule has 1 aromatic heterocycles. The normalized spacial score (nSPS) is 20.5. The van der Waals surface area contributed by atoms with Crippen molar-refractivity contribution in [1.29, 1.82) is 0 Å². The van der Waals surface area contributed by atoms with Crippen molar-refractivity contribution in [3.05, 3.63) is 29.4 Å². The summed E-state index contributed by atoms with van der Waals surface area (Å²) in [6, 6.07) is 5.65. The van der Waals surface area contributed by atoms with Crippen LogP contribution in [-0.2, 0) is 4.74 Å². The number of nitrogen functional groups attached to an aromatic ring is 1. The zero-order valence-corrected chi connectivity index (χ0v) is 14.3. The summed E-state index contributed by atoms with van der Waals surface area (Å²) in [6.45, 7) is 0. The summed E-state index contributed by atoms with van der Waals surface area (Å²) in [7, 11) is 1.64. The van der Waals surface area contributed by atoms with Gasteiger partial charge in [0.25, 0.3) is 0 Å². The zero-order valence-electron chi connectivity index (χ0n) is 13.5. The molecular formula is C17H21N3O3S. The van der Waals surface area contributed by atoms with Crippen molar-refractivity contribution in [1.82, 2.24) is 4.98 Å². The molecule has 4 N–H and O–H groups in total. The predicted molar refractivity (Wildman–Crippen MR) is 94.2 cm³/mol. The van der Waals surface area contributed by atoms with E-state index < -0.39 is 6.09 Å². The van der Waals surface area contributed by atoms with Crippen LogP contribution >= 0.6 is 11.3 Å². The summed E-state index contributed by atoms with van der Waals surface area (Å²) in [6.07, 6.45) is 4.69. The van der Waals surface area contributed by atoms with E-state index in [0.717, 1.165) is 46.9 Å². The van der Waals surface area contributed by atoms with E-state index in [0.29, 0.717) is 11.6 Å². The zero-order chi connectivity index (χ0) is 17.1. The van der Waals surface area contributed by atoms with E-state index in [1.165, 1.54) is 0 Å². The highest BCUT2D eigenvalue weighted by molar-refractivity contribution is 7.15. The van der Waals surface area contributed by atoms with Crippen LogP contribution in [0.3, 0.4) is 0 Å². The van der Waals surface area contributed by atoms with Gasteiger partial charge in [-0.15, -0.1) is 11.3 Å². The molecule has 7 heteroatoms. The number of aromatic nitrogens is 1. The van der Waals surface area contributed by atoms with Gasteiger partial charge in [0, 0.05) is 29.4 Å². The molecule has 0 saturated heterocycles. The summed E-state index contributed by atoms with van der Waals surface area (Å²) in [4.78, 5) is 16.5. The van der Waals surface area contributed by atoms with E-state index in [-0.39, 0.29) is 6.10 Å². The van der Waals surface area contributed by atoms with Gasteiger partial charge >= 0.3 is 6.09 Å². The third kappa shape index (κ3) is 3.62. The lowest BCUT2D eigenvalue weighted by Gasteiger charge is -2.26. The van der Waals surface area contributed by atoms with Crippen molar-refractivity contribution in [2.45, 2.75) is 37.7 Å². The Bertz CT molecular complexity index is 724. The maximum absolute atomic E-state index is 10.8. The maximum Gasteiger partial charge on any atom is 0.404 e. The molecule has 1 saturated carbocycles. The molecule has 24 heavy (non-hydrogen) atoms. The number of hydrogen-bond acceptors (Lipinski definition) is 6. The van der Waals surface area contributed by atoms with E-state index in [4.69, 9.17) is 20.9 Å². The molecule has 6 nitrogen and oxygen atoms in total. The van der Waals surface area contributed by atoms with E-state index in [9.17, 15) is 4.79 Å². The number of methoxy groups -OCH3 is 1. The number of amides is 1. The Morgan fingerprint density at radius 3 is 2.71 bits per heavy atom. The topological polar surface area (TPSA) is 100 Å². The van der Waals surface area contributed by atoms with Crippen molar-refractivity contribution < 1.29 is 14.3 Å². The van der Waals surface area contributed by atoms with Crippen LogP contribution in [0.2, 0.25) is 0 Å². The molecule has 1 fully saturated rings. The lowest BCUT2D eigenvalue weighted by atomic mass is 9.88. The minimum atomic E-state index is -0.689. The van der Waals surface area contributed by atoms with Gasteiger partial charge in [0.2, 0.25) is 0 Å². The van der Waals surface area contributed by atoms with Gasteiger partial charge in [-0.3, -0.25) is 0 Å². The number of nitrogens with two attached hydrogens (primary N) is 2. The Hall–Kier alpha value is -2.28. The number of benzene rings is 1. The molecule has 1 aliphatic rings. The molecule has 1 amide bonds. The highest BCUT2D eigenvalue weighted by atomic mass is 32.1. The van der Waals surface area contributed by atoms with E-state index in [2.05, 4.69) is 4.98 Å². The van der Waals surface area contributed by atoms with Crippen LogP contribution in [0.5, 0.6) is 5.75 Å². The van der Waals surface area contributed by atoms with Crippen molar-refractivity contribution in [3.8, 4) is 16.2 Å². The van der Waals surface area contributed by atoms with Crippen LogP contribution in [-0.4, -0.2) is 24.3 Å². The minimum Gasteiger partial charge on any atom is -0.496 e. The first-order valence-electron chi connectivity index (χ1n) is 7.92. The maximum atomic E-state index is 10.8. The van der Waals surface area contributed by atoms with Crippen LogP contribution < -0.4 is 16.2 Å². The van der Waals surface area contributed by atoms with Crippen LogP contribution in [0, 0.1) is 0 Å². The van der Waals surface area contributed by atoms with Gasteiger partial charge in [-0.25, -0.2) is 9.78 Å². The molecule has 0 spiro atoms. The van der Waals surface area contributed by atoms with Crippen LogP contribution in [0.15, 0.2) is 24.4 Å². The second kappa shape index (κ2) is 7.09. The Kier molecular flexibility index (Phi) is 4.89. The first-order valence-corrected chi connectivity index (χ1v) is 8.74. The predicted octanol–water partition coefficient (Wildman–Crippen LogP) is 3.52. The third-order valence-corrected chi connectivity index (χ3v) is 5.51. The molecule has 2 aromatic rings. The molecule has 0 radical (unpaired) electrons. The summed E-state index contributed by atoms with van der Waals surface area (Å²) in [5.41, 5.74) is 12.6. The fraction of sp³-hybridized carbons (Fsp3) is 0.412. The molecule has 1 aromatic carbocycles. The number of anilines is 1. The van der Waals surface area contributed by atoms with E-state index in [1.54, 1.807) is 18.4 Å². The van der Waals surface area contributed by atoms with E-state index in [1.807, 2.05) is 24.4 Å². The summed E-state index contributed by atoms with van der Waals surface area (Å²) >= 11 is 1.68. The first kappa shape index (κ1) is 16.6. The van der Waals surface area contributed by atoms with Gasteiger partial charge in [-0.2, -0.15) is 0 Å². The number of nitrogens with zero attached hydrogens (tertiary/aromatic N) is 1. The molecule has 1 aliphatic carbocycles. The van der Waals surface area contributed by atoms with Gasteiger partial charge in [-0.1, -0.05) is 0 Å². The van der Waals surface area contributed by atoms with Crippen LogP contribution in [0.4, 0.5) is 10.5 Å². The molecule has 0 atom stereocenters. The summed E-state index contributed by atoms with van der Waals surface area (Å²) in [5, 5.41) is 1.11. The number of carbonyl (C=O) groups excluding carboxylic acids is 1. The fourth-order valence-electron chi connectivity index (χ4n) is 3.10. The monoisotopic (exact) mass is 347 g/mol. The first-order chi connectivity index (χ1) is 11.6. The molecule has 0 aliphatic heterocycles. The van der Waals surface area contributed by atoms with Crippen molar-refractivity contribution in [2.24, 2.45) is 5.73 Å². The summed E-state index contributed by atoms with van der Waals surface area (Å²) < 4.78 is 10.5. The Balaban J connectivity index is 1.72. The molecule has 0 bridgehead atoms. The quantitative estimate of drug-likeness (QED) is 0.824. The van der Waals surface area contributed by atoms with Gasteiger partial charge in [0.05, 0.1) is 17.0 Å². The second-order valence-corrected chi connectivity index (χ2v) is 7.00.